The first-order chi connectivity index (χ1) is 6.99. The lowest BCUT2D eigenvalue weighted by molar-refractivity contribution is -0.116. The van der Waals surface area contributed by atoms with Gasteiger partial charge in [-0.2, -0.15) is 8.78 Å². The van der Waals surface area contributed by atoms with Crippen molar-refractivity contribution in [2.24, 2.45) is 0 Å². The minimum absolute atomic E-state index is 0.00968. The molecule has 0 amide bonds. The van der Waals surface area contributed by atoms with Gasteiger partial charge in [0, 0.05) is 12.1 Å². The van der Waals surface area contributed by atoms with Gasteiger partial charge in [0.15, 0.2) is 0 Å². The number of Topliss-reactive ketones (excluding diaryl/α,β-unsaturated/α-hetero) is 1. The van der Waals surface area contributed by atoms with Gasteiger partial charge in [-0.3, -0.25) is 4.79 Å². The number of nitrogens with two attached hydrogens (primary N) is 1. The molecule has 0 bridgehead atoms. The molecule has 82 valence electrons. The third-order valence-corrected chi connectivity index (χ3v) is 1.78. The van der Waals surface area contributed by atoms with Crippen LogP contribution in [0.1, 0.15) is 12.5 Å². The Kier molecular flexibility index (Phi) is 3.60. The SMILES string of the molecule is CC(=O)Cc1cc(OC(F)F)ccc1N. The molecule has 0 saturated heterocycles. The molecule has 15 heavy (non-hydrogen) atoms. The maximum absolute atomic E-state index is 11.9. The molecule has 1 rings (SSSR count). The Balaban J connectivity index is 2.89. The minimum Gasteiger partial charge on any atom is -0.435 e. The first kappa shape index (κ1) is 11.4. The van der Waals surface area contributed by atoms with E-state index in [1.54, 1.807) is 0 Å². The lowest BCUT2D eigenvalue weighted by atomic mass is 10.1. The van der Waals surface area contributed by atoms with Crippen molar-refractivity contribution in [1.29, 1.82) is 0 Å². The summed E-state index contributed by atoms with van der Waals surface area (Å²) in [5.41, 5.74) is 6.47. The molecular formula is C10H11F2NO2. The highest BCUT2D eigenvalue weighted by Crippen LogP contribution is 2.21. The van der Waals surface area contributed by atoms with E-state index in [0.717, 1.165) is 0 Å². The highest BCUT2D eigenvalue weighted by atomic mass is 19.3. The largest absolute Gasteiger partial charge is 0.435 e. The lowest BCUT2D eigenvalue weighted by Gasteiger charge is -2.08. The Bertz CT molecular complexity index is 366. The summed E-state index contributed by atoms with van der Waals surface area (Å²) in [6, 6.07) is 4.13. The van der Waals surface area contributed by atoms with Crippen molar-refractivity contribution in [3.05, 3.63) is 23.8 Å². The van der Waals surface area contributed by atoms with E-state index in [9.17, 15) is 13.6 Å². The van der Waals surface area contributed by atoms with E-state index in [0.29, 0.717) is 11.3 Å². The molecule has 0 radical (unpaired) electrons. The second kappa shape index (κ2) is 4.72. The van der Waals surface area contributed by atoms with Crippen LogP contribution < -0.4 is 10.5 Å². The second-order valence-corrected chi connectivity index (χ2v) is 3.12. The standard InChI is InChI=1S/C10H11F2NO2/c1-6(14)4-7-5-8(15-10(11)12)2-3-9(7)13/h2-3,5,10H,4,13H2,1H3. The molecule has 0 spiro atoms. The number of nitrogen functional groups attached to an aromatic ring is 1. The number of ether oxygens (including phenoxy) is 1. The average molecular weight is 215 g/mol. The molecule has 0 saturated carbocycles. The number of hydrogen-bond donors (Lipinski definition) is 1. The highest BCUT2D eigenvalue weighted by molar-refractivity contribution is 5.80. The van der Waals surface area contributed by atoms with Crippen LogP contribution in [0.5, 0.6) is 5.75 Å². The van der Waals surface area contributed by atoms with Gasteiger partial charge in [0.25, 0.3) is 0 Å². The summed E-state index contributed by atoms with van der Waals surface area (Å²) in [7, 11) is 0. The van der Waals surface area contributed by atoms with Crippen molar-refractivity contribution in [1.82, 2.24) is 0 Å². The molecule has 0 aliphatic carbocycles. The molecule has 0 atom stereocenters. The van der Waals surface area contributed by atoms with Crippen LogP contribution in [-0.2, 0) is 11.2 Å². The molecule has 1 aromatic carbocycles. The Morgan fingerprint density at radius 3 is 2.73 bits per heavy atom. The van der Waals surface area contributed by atoms with E-state index >= 15 is 0 Å². The number of anilines is 1. The first-order valence-corrected chi connectivity index (χ1v) is 4.31. The van der Waals surface area contributed by atoms with Gasteiger partial charge in [-0.25, -0.2) is 0 Å². The summed E-state index contributed by atoms with van der Waals surface area (Å²) in [4.78, 5) is 10.9. The zero-order valence-corrected chi connectivity index (χ0v) is 8.17. The molecule has 3 nitrogen and oxygen atoms in total. The quantitative estimate of drug-likeness (QED) is 0.781. The van der Waals surface area contributed by atoms with Crippen molar-refractivity contribution < 1.29 is 18.3 Å². The molecule has 5 heteroatoms. The van der Waals surface area contributed by atoms with Crippen LogP contribution >= 0.6 is 0 Å². The lowest BCUT2D eigenvalue weighted by Crippen LogP contribution is -2.05. The zero-order valence-electron chi connectivity index (χ0n) is 8.17. The number of carbonyl (C=O) groups excluding carboxylic acids is 1. The summed E-state index contributed by atoms with van der Waals surface area (Å²) in [5, 5.41) is 0. The minimum atomic E-state index is -2.88. The van der Waals surface area contributed by atoms with Crippen LogP contribution in [0, 0.1) is 0 Å². The van der Waals surface area contributed by atoms with E-state index in [1.165, 1.54) is 25.1 Å². The van der Waals surface area contributed by atoms with Gasteiger partial charge in [0.1, 0.15) is 11.5 Å². The number of hydrogen-bond acceptors (Lipinski definition) is 3. The molecule has 0 aromatic heterocycles. The van der Waals surface area contributed by atoms with E-state index in [2.05, 4.69) is 4.74 Å². The average Bonchev–Trinajstić information content (AvgIpc) is 2.09. The van der Waals surface area contributed by atoms with Crippen LogP contribution in [0.2, 0.25) is 0 Å². The summed E-state index contributed by atoms with van der Waals surface area (Å²) in [6.07, 6.45) is 0.117. The normalized spacial score (nSPS) is 10.4. The summed E-state index contributed by atoms with van der Waals surface area (Å²) >= 11 is 0. The van der Waals surface area contributed by atoms with Gasteiger partial charge >= 0.3 is 6.61 Å². The topological polar surface area (TPSA) is 52.3 Å². The number of alkyl halides is 2. The van der Waals surface area contributed by atoms with E-state index in [4.69, 9.17) is 5.73 Å². The van der Waals surface area contributed by atoms with Crippen LogP contribution in [0.15, 0.2) is 18.2 Å². The Morgan fingerprint density at radius 1 is 1.53 bits per heavy atom. The molecule has 1 aromatic rings. The number of benzene rings is 1. The number of halogens is 2. The summed E-state index contributed by atoms with van der Waals surface area (Å²) < 4.78 is 28.0. The summed E-state index contributed by atoms with van der Waals surface area (Å²) in [5.74, 6) is -0.0775. The maximum Gasteiger partial charge on any atom is 0.387 e. The predicted octanol–water partition coefficient (Wildman–Crippen LogP) is 2.00. The van der Waals surface area contributed by atoms with Gasteiger partial charge < -0.3 is 10.5 Å². The van der Waals surface area contributed by atoms with E-state index in [1.807, 2.05) is 0 Å². The fourth-order valence-corrected chi connectivity index (χ4v) is 1.18. The first-order valence-electron chi connectivity index (χ1n) is 4.31. The van der Waals surface area contributed by atoms with Crippen LogP contribution in [0.4, 0.5) is 14.5 Å². The predicted molar refractivity (Wildman–Crippen MR) is 51.9 cm³/mol. The van der Waals surface area contributed by atoms with Gasteiger partial charge in [-0.1, -0.05) is 0 Å². The van der Waals surface area contributed by atoms with Crippen LogP contribution in [-0.4, -0.2) is 12.4 Å². The highest BCUT2D eigenvalue weighted by Gasteiger charge is 2.08. The Morgan fingerprint density at radius 2 is 2.20 bits per heavy atom. The van der Waals surface area contributed by atoms with Gasteiger partial charge in [0.2, 0.25) is 0 Å². The van der Waals surface area contributed by atoms with Crippen molar-refractivity contribution in [3.8, 4) is 5.75 Å². The van der Waals surface area contributed by atoms with E-state index in [-0.39, 0.29) is 18.0 Å². The Hall–Kier alpha value is -1.65. The maximum atomic E-state index is 11.9. The molecule has 0 unspecified atom stereocenters. The van der Waals surface area contributed by atoms with E-state index < -0.39 is 6.61 Å². The van der Waals surface area contributed by atoms with Gasteiger partial charge in [0.05, 0.1) is 0 Å². The van der Waals surface area contributed by atoms with Crippen molar-refractivity contribution in [2.45, 2.75) is 20.0 Å². The number of rotatable bonds is 4. The smallest absolute Gasteiger partial charge is 0.387 e. The zero-order chi connectivity index (χ0) is 11.4. The fourth-order valence-electron chi connectivity index (χ4n) is 1.18. The third kappa shape index (κ3) is 3.53. The monoisotopic (exact) mass is 215 g/mol. The molecule has 0 aliphatic rings. The molecular weight excluding hydrogens is 204 g/mol. The van der Waals surface area contributed by atoms with Gasteiger partial charge in [-0.15, -0.1) is 0 Å². The molecule has 2 N–H and O–H groups in total. The third-order valence-electron chi connectivity index (χ3n) is 1.78. The fraction of sp³-hybridized carbons (Fsp3) is 0.300. The molecule has 0 fully saturated rings. The second-order valence-electron chi connectivity index (χ2n) is 3.12. The van der Waals surface area contributed by atoms with Gasteiger partial charge in [-0.05, 0) is 30.7 Å². The van der Waals surface area contributed by atoms with Crippen molar-refractivity contribution >= 4 is 11.5 Å². The number of carbonyl (C=O) groups is 1. The van der Waals surface area contributed by atoms with Crippen molar-refractivity contribution in [3.63, 3.8) is 0 Å². The van der Waals surface area contributed by atoms with Crippen molar-refractivity contribution in [2.75, 3.05) is 5.73 Å². The molecule has 0 heterocycles. The summed E-state index contributed by atoms with van der Waals surface area (Å²) in [6.45, 7) is -1.47. The van der Waals surface area contributed by atoms with Crippen LogP contribution in [0.25, 0.3) is 0 Å². The number of ketones is 1. The molecule has 0 aliphatic heterocycles. The Labute approximate surface area is 85.8 Å². The van der Waals surface area contributed by atoms with Crippen LogP contribution in [0.3, 0.4) is 0 Å².